The lowest BCUT2D eigenvalue weighted by Gasteiger charge is -2.38. The Kier molecular flexibility index (Phi) is 15.2. The Bertz CT molecular complexity index is 2120. The molecule has 3 heterocycles. The summed E-state index contributed by atoms with van der Waals surface area (Å²) in [6, 6.07) is 0. The van der Waals surface area contributed by atoms with Gasteiger partial charge in [-0.2, -0.15) is 5.10 Å². The van der Waals surface area contributed by atoms with E-state index in [1.807, 2.05) is 18.7 Å². The first-order valence-corrected chi connectivity index (χ1v) is 20.1. The highest BCUT2D eigenvalue weighted by atomic mass is 16.7. The maximum atomic E-state index is 14.4. The van der Waals surface area contributed by atoms with E-state index in [9.17, 15) is 39.9 Å². The predicted octanol–water partition coefficient (Wildman–Crippen LogP) is 5.85. The fourth-order valence-electron chi connectivity index (χ4n) is 7.79. The lowest BCUT2D eigenvalue weighted by molar-refractivity contribution is -0.160. The van der Waals surface area contributed by atoms with Gasteiger partial charge in [-0.25, -0.2) is 0 Å². The van der Waals surface area contributed by atoms with Crippen molar-refractivity contribution in [3.8, 4) is 23.0 Å². The highest BCUT2D eigenvalue weighted by Gasteiger charge is 2.50. The molecule has 0 aromatic heterocycles. The molecule has 0 aliphatic carbocycles. The van der Waals surface area contributed by atoms with Crippen LogP contribution in [-0.2, 0) is 23.8 Å². The van der Waals surface area contributed by atoms with Gasteiger partial charge in [0.05, 0.1) is 53.0 Å². The second-order valence-corrected chi connectivity index (χ2v) is 15.7. The topological polar surface area (TPSA) is 229 Å². The van der Waals surface area contributed by atoms with Crippen molar-refractivity contribution in [2.75, 3.05) is 25.5 Å². The van der Waals surface area contributed by atoms with E-state index in [1.165, 1.54) is 53.2 Å². The van der Waals surface area contributed by atoms with Crippen molar-refractivity contribution in [3.05, 3.63) is 52.8 Å². The first kappa shape index (κ1) is 47.2. The summed E-state index contributed by atoms with van der Waals surface area (Å²) in [6.07, 6.45) is 4.58. The summed E-state index contributed by atoms with van der Waals surface area (Å²) in [4.78, 5) is 42.4. The summed E-state index contributed by atoms with van der Waals surface area (Å²) in [5, 5.41) is 68.7. The molecule has 60 heavy (non-hydrogen) atoms. The van der Waals surface area contributed by atoms with Crippen molar-refractivity contribution < 1.29 is 58.9 Å². The number of hydrogen-bond donors (Lipinski definition) is 6. The van der Waals surface area contributed by atoms with Crippen molar-refractivity contribution in [2.45, 2.75) is 106 Å². The zero-order chi connectivity index (χ0) is 45.0. The average Bonchev–Trinajstić information content (AvgIpc) is 3.47. The SMILES string of the molecule is CCN(CC)/C(C)=N/N=C/c1c2c(O)c3c(O)c(C)c4c(c3c1O)C(=O)[C@@](C)(O/C=C/[C@H](OC)[C@@H](C)[C@@H](OC(C)=O)[C@H](C)[C@H](O)[C@H](C)[C@@H](O)[C@@H](C)/C=C/C=C(/C)C(=O)N2)O4. The van der Waals surface area contributed by atoms with Crippen LogP contribution in [0.4, 0.5) is 5.69 Å². The van der Waals surface area contributed by atoms with Crippen molar-refractivity contribution in [1.82, 2.24) is 4.90 Å². The minimum Gasteiger partial charge on any atom is -0.507 e. The quantitative estimate of drug-likeness (QED) is 0.0502. The van der Waals surface area contributed by atoms with Crippen LogP contribution in [0.15, 0.2) is 46.3 Å². The Morgan fingerprint density at radius 1 is 0.950 bits per heavy atom. The van der Waals surface area contributed by atoms with Gasteiger partial charge in [-0.1, -0.05) is 45.9 Å². The number of anilines is 1. The van der Waals surface area contributed by atoms with Crippen LogP contribution >= 0.6 is 0 Å². The zero-order valence-corrected chi connectivity index (χ0v) is 36.4. The van der Waals surface area contributed by atoms with Crippen LogP contribution in [0, 0.1) is 30.6 Å². The van der Waals surface area contributed by atoms with Gasteiger partial charge < -0.3 is 54.7 Å². The number of amides is 1. The Balaban J connectivity index is 2.00. The molecule has 2 aromatic rings. The van der Waals surface area contributed by atoms with Gasteiger partial charge in [-0.05, 0) is 40.7 Å². The van der Waals surface area contributed by atoms with Crippen LogP contribution in [0.2, 0.25) is 0 Å². The second kappa shape index (κ2) is 19.3. The summed E-state index contributed by atoms with van der Waals surface area (Å²) < 4.78 is 23.6. The van der Waals surface area contributed by atoms with Crippen LogP contribution in [0.1, 0.15) is 90.7 Å². The van der Waals surface area contributed by atoms with E-state index in [0.717, 1.165) is 6.21 Å². The minimum absolute atomic E-state index is 0.0347. The number of ether oxygens (including phenoxy) is 4. The van der Waals surface area contributed by atoms with Crippen LogP contribution in [0.3, 0.4) is 0 Å². The van der Waals surface area contributed by atoms with Crippen molar-refractivity contribution in [1.29, 1.82) is 0 Å². The van der Waals surface area contributed by atoms with Crippen LogP contribution in [-0.4, -0.2) is 111 Å². The molecule has 1 amide bonds. The minimum atomic E-state index is -2.07. The molecule has 0 spiro atoms. The summed E-state index contributed by atoms with van der Waals surface area (Å²) in [5.74, 6) is -8.09. The number of nitrogens with zero attached hydrogens (tertiary/aromatic N) is 3. The molecular weight excluding hydrogens is 776 g/mol. The third-order valence-corrected chi connectivity index (χ3v) is 11.6. The van der Waals surface area contributed by atoms with Crippen molar-refractivity contribution >= 4 is 46.2 Å². The number of benzene rings is 2. The number of fused-ring (bicyclic) bond motifs is 14. The van der Waals surface area contributed by atoms with E-state index in [-0.39, 0.29) is 44.5 Å². The maximum Gasteiger partial charge on any atom is 0.312 e. The molecule has 0 saturated heterocycles. The number of carbonyl (C=O) groups excluding carboxylic acids is 3. The third-order valence-electron chi connectivity index (χ3n) is 11.6. The fraction of sp³-hybridized carbons (Fsp3) is 0.523. The van der Waals surface area contributed by atoms with Gasteiger partial charge in [0, 0.05) is 74.2 Å². The molecule has 5 rings (SSSR count). The predicted molar refractivity (Wildman–Crippen MR) is 227 cm³/mol. The number of nitrogens with one attached hydrogen (secondary N) is 1. The first-order valence-electron chi connectivity index (χ1n) is 20.1. The second-order valence-electron chi connectivity index (χ2n) is 15.7. The number of carbonyl (C=O) groups is 3. The Hall–Kier alpha value is -5.45. The number of methoxy groups -OCH3 is 1. The molecule has 5 bridgehead atoms. The number of amidine groups is 1. The Labute approximate surface area is 350 Å². The van der Waals surface area contributed by atoms with Gasteiger partial charge in [-0.15, -0.1) is 5.10 Å². The van der Waals surface area contributed by atoms with Gasteiger partial charge in [-0.3, -0.25) is 14.4 Å². The highest BCUT2D eigenvalue weighted by Crippen LogP contribution is 2.55. The molecule has 0 unspecified atom stereocenters. The first-order chi connectivity index (χ1) is 28.2. The van der Waals surface area contributed by atoms with Gasteiger partial charge in [0.2, 0.25) is 0 Å². The van der Waals surface area contributed by atoms with E-state index >= 15 is 0 Å². The summed E-state index contributed by atoms with van der Waals surface area (Å²) >= 11 is 0. The average molecular weight is 837 g/mol. The zero-order valence-electron chi connectivity index (χ0n) is 36.4. The van der Waals surface area contributed by atoms with E-state index in [0.29, 0.717) is 18.9 Å². The largest absolute Gasteiger partial charge is 0.507 e. The number of phenols is 3. The maximum absolute atomic E-state index is 14.4. The molecule has 16 heteroatoms. The number of hydrogen-bond acceptors (Lipinski definition) is 14. The monoisotopic (exact) mass is 836 g/mol. The molecule has 0 saturated carbocycles. The molecule has 0 fully saturated rings. The normalized spacial score (nSPS) is 30.1. The molecule has 6 N–H and O–H groups in total. The standard InChI is InChI=1S/C44H60N4O12/c1-13-48(14-2)27(9)47-45-20-29-34-39(54)32-31(38(29)53)33-41(26(8)37(32)52)60-44(11,42(33)55)58-19-18-30(57-12)23(5)40(59-28(10)49)25(7)36(51)24(6)35(50)21(3)16-15-17-22(4)43(56)46-34/h15-21,23-25,30,35-36,40,50-54H,13-14H2,1-12H3,(H,46,56)/b16-15+,19-18+,22-17-,45-20+,47-27+/t21-,23+,24+,25+,30-,35-,36+,40+,44-/m0/s1. The molecule has 0 radical (unpaired) electrons. The molecule has 3 aliphatic heterocycles. The number of aliphatic hydroxyl groups is 2. The van der Waals surface area contributed by atoms with Crippen LogP contribution in [0.5, 0.6) is 23.0 Å². The highest BCUT2D eigenvalue weighted by molar-refractivity contribution is 6.23. The summed E-state index contributed by atoms with van der Waals surface area (Å²) in [6.45, 7) is 19.4. The lowest BCUT2D eigenvalue weighted by atomic mass is 9.78. The lowest BCUT2D eigenvalue weighted by Crippen LogP contribution is -2.46. The Morgan fingerprint density at radius 3 is 2.20 bits per heavy atom. The van der Waals surface area contributed by atoms with E-state index in [2.05, 4.69) is 15.5 Å². The van der Waals surface area contributed by atoms with Crippen molar-refractivity contribution in [2.24, 2.45) is 33.9 Å². The smallest absolute Gasteiger partial charge is 0.312 e. The summed E-state index contributed by atoms with van der Waals surface area (Å²) in [7, 11) is 1.43. The fourth-order valence-corrected chi connectivity index (χ4v) is 7.79. The number of Topliss-reactive ketones (excluding diaryl/α,β-unsaturated/α-hetero) is 1. The number of allylic oxidation sites excluding steroid dienone is 2. The van der Waals surface area contributed by atoms with Crippen molar-refractivity contribution in [3.63, 3.8) is 0 Å². The Morgan fingerprint density at radius 2 is 1.60 bits per heavy atom. The van der Waals surface area contributed by atoms with Crippen LogP contribution in [0.25, 0.3) is 10.8 Å². The molecular formula is C44H60N4O12. The third kappa shape index (κ3) is 9.30. The van der Waals surface area contributed by atoms with E-state index in [4.69, 9.17) is 18.9 Å². The number of rotatable bonds is 6. The van der Waals surface area contributed by atoms with Crippen LogP contribution < -0.4 is 10.1 Å². The number of aliphatic hydroxyl groups excluding tert-OH is 2. The van der Waals surface area contributed by atoms with Gasteiger partial charge in [0.15, 0.2) is 5.75 Å². The number of esters is 1. The number of aromatic hydroxyl groups is 3. The van der Waals surface area contributed by atoms with Gasteiger partial charge in [0.25, 0.3) is 11.7 Å². The molecule has 3 aliphatic rings. The summed E-state index contributed by atoms with van der Waals surface area (Å²) in [5.41, 5.74) is -0.591. The molecule has 16 nitrogen and oxygen atoms in total. The molecule has 9 atom stereocenters. The van der Waals surface area contributed by atoms with E-state index < -0.39 is 88.8 Å². The number of ketones is 1. The molecule has 2 aromatic carbocycles. The van der Waals surface area contributed by atoms with Gasteiger partial charge in [0.1, 0.15) is 29.2 Å². The van der Waals surface area contributed by atoms with Gasteiger partial charge >= 0.3 is 11.8 Å². The number of phenolic OH excluding ortho intramolecular Hbond substituents is 3. The van der Waals surface area contributed by atoms with E-state index in [1.54, 1.807) is 46.8 Å². The molecule has 328 valence electrons.